The van der Waals surface area contributed by atoms with Crippen LogP contribution in [0.15, 0.2) is 36.9 Å². The van der Waals surface area contributed by atoms with E-state index in [0.717, 1.165) is 32.9 Å². The quantitative estimate of drug-likeness (QED) is 0.647. The Balaban J connectivity index is 1.97. The minimum atomic E-state index is 0.601. The number of nitriles is 1. The molecular formula is C19H16ClN3S. The molecule has 0 spiro atoms. The third-order valence-corrected chi connectivity index (χ3v) is 4.96. The molecule has 0 aliphatic rings. The monoisotopic (exact) mass is 353 g/mol. The van der Waals surface area contributed by atoms with Crippen LogP contribution in [-0.4, -0.2) is 4.98 Å². The summed E-state index contributed by atoms with van der Waals surface area (Å²) in [6.07, 6.45) is 0.740. The Labute approximate surface area is 150 Å². The lowest BCUT2D eigenvalue weighted by Gasteiger charge is -2.12. The summed E-state index contributed by atoms with van der Waals surface area (Å²) >= 11 is 7.76. The van der Waals surface area contributed by atoms with E-state index in [1.54, 1.807) is 17.4 Å². The van der Waals surface area contributed by atoms with Gasteiger partial charge in [-0.15, -0.1) is 0 Å². The van der Waals surface area contributed by atoms with Crippen LogP contribution in [0.5, 0.6) is 0 Å². The molecule has 0 atom stereocenters. The van der Waals surface area contributed by atoms with Gasteiger partial charge in [-0.1, -0.05) is 42.5 Å². The molecule has 0 bridgehead atoms. The van der Waals surface area contributed by atoms with Crippen LogP contribution in [0.4, 0.5) is 5.13 Å². The molecule has 120 valence electrons. The second-order valence-corrected chi connectivity index (χ2v) is 7.01. The van der Waals surface area contributed by atoms with E-state index in [9.17, 15) is 5.26 Å². The number of hydrogen-bond donors (Lipinski definition) is 1. The third-order valence-electron chi connectivity index (χ3n) is 3.80. The maximum absolute atomic E-state index is 9.51. The molecule has 3 nitrogen and oxygen atoms in total. The van der Waals surface area contributed by atoms with E-state index in [4.69, 9.17) is 11.6 Å². The molecule has 0 amide bonds. The normalized spacial score (nSPS) is 10.6. The highest BCUT2D eigenvalue weighted by molar-refractivity contribution is 7.22. The lowest BCUT2D eigenvalue weighted by atomic mass is 9.98. The van der Waals surface area contributed by atoms with E-state index < -0.39 is 0 Å². The van der Waals surface area contributed by atoms with Gasteiger partial charge in [-0.3, -0.25) is 0 Å². The number of aromatic nitrogens is 1. The molecule has 0 aliphatic carbocycles. The summed E-state index contributed by atoms with van der Waals surface area (Å²) in [6, 6.07) is 12.0. The zero-order chi connectivity index (χ0) is 17.3. The second kappa shape index (κ2) is 6.64. The number of nitrogens with one attached hydrogen (secondary N) is 1. The Morgan fingerprint density at radius 3 is 2.88 bits per heavy atom. The van der Waals surface area contributed by atoms with Gasteiger partial charge in [0.1, 0.15) is 6.07 Å². The van der Waals surface area contributed by atoms with Gasteiger partial charge in [0.2, 0.25) is 0 Å². The molecule has 0 unspecified atom stereocenters. The van der Waals surface area contributed by atoms with E-state index in [-0.39, 0.29) is 0 Å². The molecule has 1 aromatic heterocycles. The molecule has 0 fully saturated rings. The van der Waals surface area contributed by atoms with Crippen molar-refractivity contribution in [1.82, 2.24) is 4.98 Å². The summed E-state index contributed by atoms with van der Waals surface area (Å²) in [6.45, 7) is 8.14. The minimum absolute atomic E-state index is 0.601. The van der Waals surface area contributed by atoms with Crippen molar-refractivity contribution in [2.24, 2.45) is 0 Å². The van der Waals surface area contributed by atoms with Crippen LogP contribution in [0.25, 0.3) is 15.9 Å². The molecule has 0 radical (unpaired) electrons. The molecule has 2 aromatic carbocycles. The fraction of sp³-hybridized carbons (Fsp3) is 0.158. The first kappa shape index (κ1) is 16.5. The first-order valence-corrected chi connectivity index (χ1v) is 8.77. The third kappa shape index (κ3) is 3.14. The Hall–Kier alpha value is -2.35. The van der Waals surface area contributed by atoms with Crippen molar-refractivity contribution in [2.45, 2.75) is 20.3 Å². The Morgan fingerprint density at radius 1 is 1.38 bits per heavy atom. The fourth-order valence-corrected chi connectivity index (χ4v) is 3.82. The Bertz CT molecular complexity index is 982. The number of nitrogens with zero attached hydrogens (tertiary/aromatic N) is 2. The number of rotatable bonds is 4. The molecule has 24 heavy (non-hydrogen) atoms. The largest absolute Gasteiger partial charge is 0.331 e. The zero-order valence-corrected chi connectivity index (χ0v) is 15.1. The van der Waals surface area contributed by atoms with Gasteiger partial charge in [0.15, 0.2) is 5.13 Å². The molecule has 0 aliphatic heterocycles. The van der Waals surface area contributed by atoms with Crippen molar-refractivity contribution >= 4 is 44.0 Å². The van der Waals surface area contributed by atoms with Crippen molar-refractivity contribution in [3.63, 3.8) is 0 Å². The van der Waals surface area contributed by atoms with Crippen molar-refractivity contribution in [3.05, 3.63) is 64.2 Å². The number of thiazole rings is 1. The number of hydrogen-bond acceptors (Lipinski definition) is 4. The van der Waals surface area contributed by atoms with Crippen molar-refractivity contribution in [1.29, 1.82) is 5.26 Å². The van der Waals surface area contributed by atoms with Crippen molar-refractivity contribution in [3.8, 4) is 6.07 Å². The first-order chi connectivity index (χ1) is 11.5. The summed E-state index contributed by atoms with van der Waals surface area (Å²) in [5, 5.41) is 14.1. The predicted molar refractivity (Wildman–Crippen MR) is 103 cm³/mol. The number of fused-ring (bicyclic) bond motifs is 1. The summed E-state index contributed by atoms with van der Waals surface area (Å²) in [5.41, 5.74) is 5.02. The molecule has 0 saturated carbocycles. The molecule has 3 aromatic rings. The maximum Gasteiger partial charge on any atom is 0.188 e. The van der Waals surface area contributed by atoms with Crippen LogP contribution in [0.3, 0.4) is 0 Å². The van der Waals surface area contributed by atoms with Gasteiger partial charge in [-0.25, -0.2) is 4.98 Å². The van der Waals surface area contributed by atoms with Crippen LogP contribution < -0.4 is 5.32 Å². The van der Waals surface area contributed by atoms with Gasteiger partial charge in [0.25, 0.3) is 0 Å². The van der Waals surface area contributed by atoms with Crippen LogP contribution in [0.2, 0.25) is 5.02 Å². The van der Waals surface area contributed by atoms with Crippen LogP contribution in [-0.2, 0) is 6.42 Å². The zero-order valence-electron chi connectivity index (χ0n) is 13.5. The SMILES string of the molecule is C=C(Nc1nc2ccc(C)cc2s1)c1cc(Cl)cc(CC)c1C#N. The summed E-state index contributed by atoms with van der Waals surface area (Å²) < 4.78 is 1.12. The summed E-state index contributed by atoms with van der Waals surface area (Å²) in [7, 11) is 0. The molecule has 1 heterocycles. The van der Waals surface area contributed by atoms with E-state index in [1.165, 1.54) is 5.56 Å². The Morgan fingerprint density at radius 2 is 2.17 bits per heavy atom. The van der Waals surface area contributed by atoms with E-state index in [1.807, 2.05) is 25.1 Å². The minimum Gasteiger partial charge on any atom is -0.331 e. The lowest BCUT2D eigenvalue weighted by Crippen LogP contribution is -2.02. The van der Waals surface area contributed by atoms with E-state index in [0.29, 0.717) is 16.3 Å². The van der Waals surface area contributed by atoms with Crippen molar-refractivity contribution in [2.75, 3.05) is 5.32 Å². The van der Waals surface area contributed by atoms with Crippen LogP contribution >= 0.6 is 22.9 Å². The average Bonchev–Trinajstić information content (AvgIpc) is 2.95. The molecule has 5 heteroatoms. The smallest absolute Gasteiger partial charge is 0.188 e. The van der Waals surface area contributed by atoms with Gasteiger partial charge >= 0.3 is 0 Å². The highest BCUT2D eigenvalue weighted by Gasteiger charge is 2.13. The molecule has 3 rings (SSSR count). The number of halogens is 1. The van der Waals surface area contributed by atoms with E-state index >= 15 is 0 Å². The molecule has 1 N–H and O–H groups in total. The number of benzene rings is 2. The standard InChI is InChI=1S/C19H16ClN3S/c1-4-13-8-14(20)9-15(16(13)10-21)12(3)22-19-23-17-6-5-11(2)7-18(17)24-19/h5-9H,3-4H2,1-2H3,(H,22,23). The highest BCUT2D eigenvalue weighted by Crippen LogP contribution is 2.31. The van der Waals surface area contributed by atoms with Crippen LogP contribution in [0.1, 0.15) is 29.2 Å². The first-order valence-electron chi connectivity index (χ1n) is 7.57. The van der Waals surface area contributed by atoms with Gasteiger partial charge in [-0.2, -0.15) is 5.26 Å². The predicted octanol–water partition coefficient (Wildman–Crippen LogP) is 5.78. The fourth-order valence-electron chi connectivity index (χ4n) is 2.59. The second-order valence-electron chi connectivity index (χ2n) is 5.55. The lowest BCUT2D eigenvalue weighted by molar-refractivity contribution is 1.12. The average molecular weight is 354 g/mol. The topological polar surface area (TPSA) is 48.7 Å². The van der Waals surface area contributed by atoms with Gasteiger partial charge in [0.05, 0.1) is 15.8 Å². The number of anilines is 1. The van der Waals surface area contributed by atoms with Gasteiger partial charge in [0, 0.05) is 16.3 Å². The summed E-state index contributed by atoms with van der Waals surface area (Å²) in [5.74, 6) is 0. The van der Waals surface area contributed by atoms with Crippen LogP contribution in [0, 0.1) is 18.3 Å². The highest BCUT2D eigenvalue weighted by atomic mass is 35.5. The maximum atomic E-state index is 9.51. The number of aryl methyl sites for hydroxylation is 2. The molecular weight excluding hydrogens is 338 g/mol. The van der Waals surface area contributed by atoms with Crippen molar-refractivity contribution < 1.29 is 0 Å². The summed E-state index contributed by atoms with van der Waals surface area (Å²) in [4.78, 5) is 4.57. The van der Waals surface area contributed by atoms with Gasteiger partial charge in [-0.05, 0) is 48.7 Å². The Kier molecular flexibility index (Phi) is 4.57. The van der Waals surface area contributed by atoms with E-state index in [2.05, 4.69) is 35.9 Å². The molecule has 0 saturated heterocycles. The van der Waals surface area contributed by atoms with Gasteiger partial charge < -0.3 is 5.32 Å².